The number of H-pyrrole nitrogens is 2. The van der Waals surface area contributed by atoms with E-state index in [0.717, 1.165) is 5.69 Å². The van der Waals surface area contributed by atoms with Crippen LogP contribution in [0.3, 0.4) is 0 Å². The topological polar surface area (TPSA) is 122 Å². The summed E-state index contributed by atoms with van der Waals surface area (Å²) in [6, 6.07) is 9.20. The number of aromatic amines is 2. The Kier molecular flexibility index (Phi) is 4.69. The van der Waals surface area contributed by atoms with Crippen LogP contribution >= 0.6 is 12.2 Å². The first-order chi connectivity index (χ1) is 10.5. The van der Waals surface area contributed by atoms with Crippen molar-refractivity contribution in [3.05, 3.63) is 56.7 Å². The maximum absolute atomic E-state index is 11.6. The predicted molar refractivity (Wildman–Crippen MR) is 87.4 cm³/mol. The van der Waals surface area contributed by atoms with Gasteiger partial charge >= 0.3 is 5.69 Å². The number of rotatable bonds is 3. The van der Waals surface area contributed by atoms with Crippen molar-refractivity contribution in [2.75, 3.05) is 5.32 Å². The number of aromatic hydroxyl groups is 1. The fraction of sp³-hybridized carbons (Fsp3) is 0.0769. The first kappa shape index (κ1) is 15.4. The Morgan fingerprint density at radius 1 is 1.23 bits per heavy atom. The summed E-state index contributed by atoms with van der Waals surface area (Å²) in [7, 11) is 0. The molecule has 0 saturated carbocycles. The molecule has 0 amide bonds. The highest BCUT2D eigenvalue weighted by atomic mass is 32.1. The molecular formula is C13H13N5O3S. The number of para-hydroxylation sites is 1. The largest absolute Gasteiger partial charge is 0.494 e. The molecule has 2 aromatic rings. The Bertz CT molecular complexity index is 826. The second-order valence-electron chi connectivity index (χ2n) is 4.26. The fourth-order valence-corrected chi connectivity index (χ4v) is 1.84. The van der Waals surface area contributed by atoms with Gasteiger partial charge in [0.1, 0.15) is 5.56 Å². The van der Waals surface area contributed by atoms with Crippen molar-refractivity contribution in [1.29, 1.82) is 0 Å². The lowest BCUT2D eigenvalue weighted by Gasteiger charge is -2.08. The molecule has 0 aliphatic carbocycles. The zero-order valence-electron chi connectivity index (χ0n) is 11.5. The molecule has 0 fully saturated rings. The zero-order chi connectivity index (χ0) is 16.1. The number of nitrogens with one attached hydrogen (secondary N) is 4. The van der Waals surface area contributed by atoms with Gasteiger partial charge in [0, 0.05) is 5.69 Å². The van der Waals surface area contributed by atoms with Crippen molar-refractivity contribution in [2.45, 2.75) is 6.92 Å². The van der Waals surface area contributed by atoms with Crippen LogP contribution in [0, 0.1) is 0 Å². The molecule has 8 nitrogen and oxygen atoms in total. The van der Waals surface area contributed by atoms with Crippen molar-refractivity contribution in [3.8, 4) is 5.88 Å². The highest BCUT2D eigenvalue weighted by Gasteiger charge is 2.11. The molecule has 114 valence electrons. The van der Waals surface area contributed by atoms with Gasteiger partial charge in [0.05, 0.1) is 5.71 Å². The molecule has 0 bridgehead atoms. The van der Waals surface area contributed by atoms with E-state index in [-0.39, 0.29) is 16.4 Å². The Labute approximate surface area is 129 Å². The van der Waals surface area contributed by atoms with Crippen LogP contribution < -0.4 is 22.0 Å². The van der Waals surface area contributed by atoms with E-state index in [1.54, 1.807) is 0 Å². The summed E-state index contributed by atoms with van der Waals surface area (Å²) >= 11 is 5.06. The molecule has 0 atom stereocenters. The summed E-state index contributed by atoms with van der Waals surface area (Å²) in [4.78, 5) is 26.7. The van der Waals surface area contributed by atoms with Crippen LogP contribution in [0.2, 0.25) is 0 Å². The molecule has 1 aromatic carbocycles. The standard InChI is InChI=1S/C13H13N5O3S/c1-7(9-10(19)15-12(21)16-11(9)20)17-18-13(22)14-8-5-3-2-4-6-8/h2-6H,1H3,(H2,14,18,22)(H3,15,16,19,20,21). The molecule has 5 N–H and O–H groups in total. The van der Waals surface area contributed by atoms with E-state index in [1.165, 1.54) is 6.92 Å². The number of benzene rings is 1. The monoisotopic (exact) mass is 319 g/mol. The Balaban J connectivity index is 2.12. The van der Waals surface area contributed by atoms with Gasteiger partial charge in [0.2, 0.25) is 5.88 Å². The second kappa shape index (κ2) is 6.68. The van der Waals surface area contributed by atoms with Gasteiger partial charge in [-0.05, 0) is 31.3 Å². The van der Waals surface area contributed by atoms with E-state index < -0.39 is 17.1 Å². The Morgan fingerprint density at radius 2 is 1.91 bits per heavy atom. The van der Waals surface area contributed by atoms with E-state index in [4.69, 9.17) is 12.2 Å². The van der Waals surface area contributed by atoms with Crippen LogP contribution in [0.5, 0.6) is 5.88 Å². The molecule has 0 radical (unpaired) electrons. The van der Waals surface area contributed by atoms with Crippen molar-refractivity contribution in [2.24, 2.45) is 5.10 Å². The molecule has 0 saturated heterocycles. The van der Waals surface area contributed by atoms with E-state index in [2.05, 4.69) is 20.8 Å². The average molecular weight is 319 g/mol. The SMILES string of the molecule is CC(=NNC(=S)Nc1ccccc1)c1c(O)[nH]c(=O)[nH]c1=O. The number of nitrogens with zero attached hydrogens (tertiary/aromatic N) is 1. The van der Waals surface area contributed by atoms with Gasteiger partial charge in [0.15, 0.2) is 5.11 Å². The third-order valence-electron chi connectivity index (χ3n) is 2.64. The van der Waals surface area contributed by atoms with E-state index in [0.29, 0.717) is 0 Å². The summed E-state index contributed by atoms with van der Waals surface area (Å²) in [6.45, 7) is 1.49. The highest BCUT2D eigenvalue weighted by molar-refractivity contribution is 7.80. The molecule has 0 aliphatic rings. The summed E-state index contributed by atoms with van der Waals surface area (Å²) in [5, 5.41) is 16.6. The molecule has 22 heavy (non-hydrogen) atoms. The smallest absolute Gasteiger partial charge is 0.328 e. The van der Waals surface area contributed by atoms with Gasteiger partial charge in [-0.15, -0.1) is 0 Å². The predicted octanol–water partition coefficient (Wildman–Crippen LogP) is 0.479. The molecule has 1 aromatic heterocycles. The Morgan fingerprint density at radius 3 is 2.55 bits per heavy atom. The molecule has 9 heteroatoms. The minimum Gasteiger partial charge on any atom is -0.494 e. The maximum atomic E-state index is 11.6. The van der Waals surface area contributed by atoms with Crippen LogP contribution in [-0.2, 0) is 0 Å². The molecule has 2 rings (SSSR count). The minimum atomic E-state index is -0.798. The molecule has 0 aliphatic heterocycles. The quantitative estimate of drug-likeness (QED) is 0.319. The number of thiocarbonyl (C=S) groups is 1. The van der Waals surface area contributed by atoms with Gasteiger partial charge in [-0.2, -0.15) is 5.10 Å². The minimum absolute atomic E-state index is 0.144. The van der Waals surface area contributed by atoms with Crippen molar-refractivity contribution in [3.63, 3.8) is 0 Å². The summed E-state index contributed by atoms with van der Waals surface area (Å²) < 4.78 is 0. The van der Waals surface area contributed by atoms with Crippen LogP contribution in [0.1, 0.15) is 12.5 Å². The van der Waals surface area contributed by atoms with Crippen molar-refractivity contribution >= 4 is 28.7 Å². The third-order valence-corrected chi connectivity index (χ3v) is 2.83. The van der Waals surface area contributed by atoms with Crippen LogP contribution in [0.4, 0.5) is 5.69 Å². The van der Waals surface area contributed by atoms with Gasteiger partial charge in [-0.25, -0.2) is 4.79 Å². The first-order valence-corrected chi connectivity index (χ1v) is 6.60. The van der Waals surface area contributed by atoms with Gasteiger partial charge in [0.25, 0.3) is 5.56 Å². The maximum Gasteiger partial charge on any atom is 0.328 e. The number of hydrazone groups is 1. The second-order valence-corrected chi connectivity index (χ2v) is 4.67. The fourth-order valence-electron chi connectivity index (χ4n) is 1.68. The van der Waals surface area contributed by atoms with Gasteiger partial charge in [-0.1, -0.05) is 18.2 Å². The summed E-state index contributed by atoms with van der Waals surface area (Å²) in [6.07, 6.45) is 0. The molecule has 0 unspecified atom stereocenters. The zero-order valence-corrected chi connectivity index (χ0v) is 12.3. The number of anilines is 1. The van der Waals surface area contributed by atoms with Crippen LogP contribution in [0.25, 0.3) is 0 Å². The van der Waals surface area contributed by atoms with E-state index in [1.807, 2.05) is 35.3 Å². The highest BCUT2D eigenvalue weighted by Crippen LogP contribution is 2.06. The first-order valence-electron chi connectivity index (χ1n) is 6.19. The molecular weight excluding hydrogens is 306 g/mol. The van der Waals surface area contributed by atoms with Crippen molar-refractivity contribution in [1.82, 2.24) is 15.4 Å². The van der Waals surface area contributed by atoms with E-state index in [9.17, 15) is 14.7 Å². The number of hydrogen-bond acceptors (Lipinski definition) is 5. The van der Waals surface area contributed by atoms with Crippen LogP contribution in [0.15, 0.2) is 45.0 Å². The Hall–Kier alpha value is -2.94. The molecule has 1 heterocycles. The average Bonchev–Trinajstić information content (AvgIpc) is 2.45. The lowest BCUT2D eigenvalue weighted by atomic mass is 10.2. The normalized spacial score (nSPS) is 11.0. The molecule has 0 spiro atoms. The van der Waals surface area contributed by atoms with Gasteiger partial charge in [-0.3, -0.25) is 20.2 Å². The van der Waals surface area contributed by atoms with E-state index >= 15 is 0 Å². The lowest BCUT2D eigenvalue weighted by Crippen LogP contribution is -2.29. The van der Waals surface area contributed by atoms with Gasteiger partial charge < -0.3 is 10.4 Å². The van der Waals surface area contributed by atoms with Crippen LogP contribution in [-0.4, -0.2) is 25.9 Å². The number of aromatic nitrogens is 2. The third kappa shape index (κ3) is 3.79. The lowest BCUT2D eigenvalue weighted by molar-refractivity contribution is 0.447. The number of hydrogen-bond donors (Lipinski definition) is 5. The van der Waals surface area contributed by atoms with Crippen molar-refractivity contribution < 1.29 is 5.11 Å². The summed E-state index contributed by atoms with van der Waals surface area (Å²) in [5.74, 6) is -0.557. The summed E-state index contributed by atoms with van der Waals surface area (Å²) in [5.41, 5.74) is 1.80.